The van der Waals surface area contributed by atoms with Crippen LogP contribution in [0.1, 0.15) is 45.6 Å². The SMILES string of the molecule is O=C(N[C@@H]1CCc2nn(-c3ccnc(C(F)(F)F)c3)cc21)c1cncc(C(F)(F)F)n1. The third-order valence-electron chi connectivity index (χ3n) is 4.63. The maximum atomic E-state index is 12.9. The lowest BCUT2D eigenvalue weighted by Gasteiger charge is -2.13. The van der Waals surface area contributed by atoms with Crippen LogP contribution in [0.4, 0.5) is 26.3 Å². The molecule has 3 heterocycles. The first-order valence-corrected chi connectivity index (χ1v) is 8.84. The monoisotopic (exact) mass is 442 g/mol. The molecule has 13 heteroatoms. The first-order valence-electron chi connectivity index (χ1n) is 8.84. The molecule has 0 radical (unpaired) electrons. The molecule has 1 aliphatic rings. The lowest BCUT2D eigenvalue weighted by Crippen LogP contribution is -2.28. The quantitative estimate of drug-likeness (QED) is 0.628. The Hall–Kier alpha value is -3.51. The van der Waals surface area contributed by atoms with Gasteiger partial charge >= 0.3 is 12.4 Å². The molecule has 0 saturated heterocycles. The molecule has 0 unspecified atom stereocenters. The molecule has 3 aromatic rings. The number of halogens is 6. The van der Waals surface area contributed by atoms with E-state index in [2.05, 4.69) is 25.4 Å². The van der Waals surface area contributed by atoms with Gasteiger partial charge in [-0.1, -0.05) is 0 Å². The summed E-state index contributed by atoms with van der Waals surface area (Å²) in [5.41, 5.74) is -1.62. The molecule has 3 aromatic heterocycles. The number of hydrogen-bond acceptors (Lipinski definition) is 5. The molecule has 162 valence electrons. The Labute approximate surface area is 170 Å². The molecule has 1 atom stereocenters. The number of rotatable bonds is 3. The van der Waals surface area contributed by atoms with Crippen LogP contribution in [0.25, 0.3) is 5.69 Å². The fourth-order valence-electron chi connectivity index (χ4n) is 3.19. The number of nitrogens with zero attached hydrogens (tertiary/aromatic N) is 5. The molecule has 0 spiro atoms. The summed E-state index contributed by atoms with van der Waals surface area (Å²) < 4.78 is 78.3. The summed E-state index contributed by atoms with van der Waals surface area (Å²) >= 11 is 0. The van der Waals surface area contributed by atoms with Gasteiger partial charge in [0.15, 0.2) is 5.69 Å². The molecular formula is C18H12F6N6O. The van der Waals surface area contributed by atoms with Crippen molar-refractivity contribution in [1.29, 1.82) is 0 Å². The van der Waals surface area contributed by atoms with Crippen molar-refractivity contribution >= 4 is 5.91 Å². The summed E-state index contributed by atoms with van der Waals surface area (Å²) in [6.45, 7) is 0. The van der Waals surface area contributed by atoms with E-state index in [9.17, 15) is 31.1 Å². The summed E-state index contributed by atoms with van der Waals surface area (Å²) in [5, 5.41) is 6.83. The molecule has 7 nitrogen and oxygen atoms in total. The van der Waals surface area contributed by atoms with Crippen molar-refractivity contribution in [2.75, 3.05) is 0 Å². The van der Waals surface area contributed by atoms with Crippen LogP contribution in [0.2, 0.25) is 0 Å². The highest BCUT2D eigenvalue weighted by atomic mass is 19.4. The van der Waals surface area contributed by atoms with Crippen molar-refractivity contribution in [2.45, 2.75) is 31.2 Å². The Morgan fingerprint density at radius 1 is 1.10 bits per heavy atom. The number of aryl methyl sites for hydroxylation is 1. The molecule has 4 rings (SSSR count). The van der Waals surface area contributed by atoms with Crippen LogP contribution in [0.3, 0.4) is 0 Å². The largest absolute Gasteiger partial charge is 0.434 e. The van der Waals surface area contributed by atoms with Gasteiger partial charge in [-0.05, 0) is 25.0 Å². The van der Waals surface area contributed by atoms with Gasteiger partial charge in [0.25, 0.3) is 5.91 Å². The third-order valence-corrected chi connectivity index (χ3v) is 4.63. The Morgan fingerprint density at radius 2 is 1.84 bits per heavy atom. The van der Waals surface area contributed by atoms with Crippen molar-refractivity contribution in [2.24, 2.45) is 0 Å². The van der Waals surface area contributed by atoms with Crippen LogP contribution in [0, 0.1) is 0 Å². The van der Waals surface area contributed by atoms with E-state index in [4.69, 9.17) is 0 Å². The number of hydrogen-bond donors (Lipinski definition) is 1. The van der Waals surface area contributed by atoms with E-state index in [1.807, 2.05) is 0 Å². The number of aromatic nitrogens is 5. The normalized spacial score (nSPS) is 16.3. The molecule has 1 aliphatic carbocycles. The van der Waals surface area contributed by atoms with Gasteiger partial charge in [-0.2, -0.15) is 31.4 Å². The Bertz CT molecular complexity index is 1140. The zero-order chi connectivity index (χ0) is 22.4. The standard InChI is InChI=1S/C18H12F6N6O/c19-17(20,21)14-5-9(3-4-26-14)30-8-10-11(1-2-12(10)29-30)28-16(31)13-6-25-7-15(27-13)18(22,23)24/h3-8,11H,1-2H2,(H,28,31)/t11-/m1/s1. The van der Waals surface area contributed by atoms with Crippen molar-refractivity contribution in [3.05, 3.63) is 65.3 Å². The lowest BCUT2D eigenvalue weighted by atomic mass is 10.2. The van der Waals surface area contributed by atoms with Gasteiger partial charge in [-0.15, -0.1) is 0 Å². The molecule has 0 aliphatic heterocycles. The second kappa shape index (κ2) is 7.32. The number of alkyl halides is 6. The average Bonchev–Trinajstić information content (AvgIpc) is 3.29. The van der Waals surface area contributed by atoms with Gasteiger partial charge in [0.1, 0.15) is 11.4 Å². The predicted octanol–water partition coefficient (Wildman–Crippen LogP) is 3.51. The summed E-state index contributed by atoms with van der Waals surface area (Å²) in [6, 6.07) is 1.61. The minimum Gasteiger partial charge on any atom is -0.344 e. The van der Waals surface area contributed by atoms with Crippen LogP contribution in [-0.4, -0.2) is 30.6 Å². The van der Waals surface area contributed by atoms with E-state index in [1.54, 1.807) is 0 Å². The van der Waals surface area contributed by atoms with Gasteiger partial charge in [-0.3, -0.25) is 14.8 Å². The zero-order valence-corrected chi connectivity index (χ0v) is 15.4. The number of pyridine rings is 1. The van der Waals surface area contributed by atoms with E-state index in [1.165, 1.54) is 16.9 Å². The highest BCUT2D eigenvalue weighted by molar-refractivity contribution is 5.92. The molecular weight excluding hydrogens is 430 g/mol. The van der Waals surface area contributed by atoms with E-state index < -0.39 is 41.4 Å². The first kappa shape index (κ1) is 20.8. The minimum absolute atomic E-state index is 0.130. The van der Waals surface area contributed by atoms with Gasteiger partial charge in [0, 0.05) is 18.0 Å². The first-order chi connectivity index (χ1) is 14.5. The molecule has 31 heavy (non-hydrogen) atoms. The van der Waals surface area contributed by atoms with Crippen molar-refractivity contribution in [3.8, 4) is 5.69 Å². The van der Waals surface area contributed by atoms with Gasteiger partial charge in [-0.25, -0.2) is 9.67 Å². The third kappa shape index (κ3) is 4.20. The number of carbonyl (C=O) groups is 1. The molecule has 1 N–H and O–H groups in total. The van der Waals surface area contributed by atoms with Crippen LogP contribution in [-0.2, 0) is 18.8 Å². The molecule has 0 bridgehead atoms. The summed E-state index contributed by atoms with van der Waals surface area (Å²) in [5.74, 6) is -0.854. The van der Waals surface area contributed by atoms with E-state index in [-0.39, 0.29) is 5.69 Å². The van der Waals surface area contributed by atoms with Gasteiger partial charge in [0.05, 0.1) is 29.8 Å². The Balaban J connectivity index is 1.55. The highest BCUT2D eigenvalue weighted by Gasteiger charge is 2.35. The highest BCUT2D eigenvalue weighted by Crippen LogP contribution is 2.33. The number of amides is 1. The lowest BCUT2D eigenvalue weighted by molar-refractivity contribution is -0.142. The second-order valence-corrected chi connectivity index (χ2v) is 6.72. The van der Waals surface area contributed by atoms with Gasteiger partial charge < -0.3 is 5.32 Å². The maximum Gasteiger partial charge on any atom is 0.434 e. The maximum absolute atomic E-state index is 12.9. The zero-order valence-electron chi connectivity index (χ0n) is 15.4. The van der Waals surface area contributed by atoms with Crippen molar-refractivity contribution < 1.29 is 31.1 Å². The number of carbonyl (C=O) groups excluding carboxylic acids is 1. The van der Waals surface area contributed by atoms with Crippen molar-refractivity contribution in [3.63, 3.8) is 0 Å². The molecule has 0 fully saturated rings. The molecule has 0 saturated carbocycles. The Kier molecular flexibility index (Phi) is 4.90. The topological polar surface area (TPSA) is 85.6 Å². The van der Waals surface area contributed by atoms with Gasteiger partial charge in [0.2, 0.25) is 0 Å². The van der Waals surface area contributed by atoms with E-state index in [0.29, 0.717) is 30.3 Å². The van der Waals surface area contributed by atoms with E-state index >= 15 is 0 Å². The smallest absolute Gasteiger partial charge is 0.344 e. The fraction of sp³-hybridized carbons (Fsp3) is 0.278. The Morgan fingerprint density at radius 3 is 2.55 bits per heavy atom. The molecule has 0 aromatic carbocycles. The van der Waals surface area contributed by atoms with Crippen LogP contribution in [0.5, 0.6) is 0 Å². The van der Waals surface area contributed by atoms with Crippen molar-refractivity contribution in [1.82, 2.24) is 30.0 Å². The summed E-state index contributed by atoms with van der Waals surface area (Å²) in [6.07, 6.45) is -4.59. The predicted molar refractivity (Wildman–Crippen MR) is 91.9 cm³/mol. The number of nitrogens with one attached hydrogen (secondary N) is 1. The average molecular weight is 442 g/mol. The summed E-state index contributed by atoms with van der Waals surface area (Å²) in [7, 11) is 0. The fourth-order valence-corrected chi connectivity index (χ4v) is 3.19. The van der Waals surface area contributed by atoms with Crippen LogP contribution < -0.4 is 5.32 Å². The minimum atomic E-state index is -4.75. The molecule has 1 amide bonds. The second-order valence-electron chi connectivity index (χ2n) is 6.72. The summed E-state index contributed by atoms with van der Waals surface area (Å²) in [4.78, 5) is 22.4. The van der Waals surface area contributed by atoms with Crippen LogP contribution in [0.15, 0.2) is 36.9 Å². The van der Waals surface area contributed by atoms with E-state index in [0.717, 1.165) is 18.5 Å². The van der Waals surface area contributed by atoms with Crippen LogP contribution >= 0.6 is 0 Å². The number of fused-ring (bicyclic) bond motifs is 1.